The number of pyridine rings is 1. The molecule has 4 aromatic rings. The second-order valence-electron chi connectivity index (χ2n) is 7.85. The van der Waals surface area contributed by atoms with Crippen molar-refractivity contribution in [2.24, 2.45) is 0 Å². The standard InChI is InChI=1S/C27H28N4O3S/c1-2-34-16-6-14-28-26(32)21-7-5-8-22(17-21)30-27(33)20-10-12-24(13-11-20)35-19-23-18-31-15-4-3-9-25(31)29-23/h3-5,7-13,15,17-18H,2,6,14,16,19H2,1H3,(H,28,32)(H,30,33). The van der Waals surface area contributed by atoms with Gasteiger partial charge in [-0.1, -0.05) is 12.1 Å². The maximum absolute atomic E-state index is 12.7. The van der Waals surface area contributed by atoms with Gasteiger partial charge < -0.3 is 19.8 Å². The van der Waals surface area contributed by atoms with Crippen LogP contribution in [0.25, 0.3) is 5.65 Å². The Balaban J connectivity index is 1.29. The number of hydrogen-bond acceptors (Lipinski definition) is 5. The summed E-state index contributed by atoms with van der Waals surface area (Å²) >= 11 is 1.67. The minimum Gasteiger partial charge on any atom is -0.382 e. The summed E-state index contributed by atoms with van der Waals surface area (Å²) in [5.41, 5.74) is 3.55. The van der Waals surface area contributed by atoms with Crippen molar-refractivity contribution in [3.05, 3.63) is 95.9 Å². The van der Waals surface area contributed by atoms with Crippen molar-refractivity contribution in [2.75, 3.05) is 25.1 Å². The van der Waals surface area contributed by atoms with Gasteiger partial charge in [-0.25, -0.2) is 4.98 Å². The van der Waals surface area contributed by atoms with E-state index in [0.717, 1.165) is 28.4 Å². The van der Waals surface area contributed by atoms with Crippen LogP contribution in [0.2, 0.25) is 0 Å². The number of fused-ring (bicyclic) bond motifs is 1. The van der Waals surface area contributed by atoms with Crippen molar-refractivity contribution < 1.29 is 14.3 Å². The molecule has 35 heavy (non-hydrogen) atoms. The molecule has 0 saturated heterocycles. The molecule has 7 nitrogen and oxygen atoms in total. The fourth-order valence-electron chi connectivity index (χ4n) is 3.48. The largest absolute Gasteiger partial charge is 0.382 e. The van der Waals surface area contributed by atoms with Crippen LogP contribution in [-0.2, 0) is 10.5 Å². The van der Waals surface area contributed by atoms with Gasteiger partial charge in [0.25, 0.3) is 11.8 Å². The van der Waals surface area contributed by atoms with E-state index < -0.39 is 0 Å². The van der Waals surface area contributed by atoms with Gasteiger partial charge in [0, 0.05) is 59.6 Å². The summed E-state index contributed by atoms with van der Waals surface area (Å²) < 4.78 is 7.28. The molecule has 2 aromatic heterocycles. The summed E-state index contributed by atoms with van der Waals surface area (Å²) in [5.74, 6) is 0.342. The number of hydrogen-bond donors (Lipinski definition) is 2. The third-order valence-corrected chi connectivity index (χ3v) is 6.30. The van der Waals surface area contributed by atoms with Gasteiger partial charge in [0.15, 0.2) is 0 Å². The normalized spacial score (nSPS) is 10.9. The number of nitrogens with one attached hydrogen (secondary N) is 2. The molecule has 0 unspecified atom stereocenters. The zero-order chi connectivity index (χ0) is 24.5. The summed E-state index contributed by atoms with van der Waals surface area (Å²) in [5, 5.41) is 5.74. The molecule has 0 aliphatic heterocycles. The van der Waals surface area contributed by atoms with Crippen molar-refractivity contribution in [3.63, 3.8) is 0 Å². The lowest BCUT2D eigenvalue weighted by Gasteiger charge is -2.09. The molecule has 0 radical (unpaired) electrons. The van der Waals surface area contributed by atoms with Crippen LogP contribution in [0.5, 0.6) is 0 Å². The van der Waals surface area contributed by atoms with Gasteiger partial charge in [0.2, 0.25) is 0 Å². The van der Waals surface area contributed by atoms with Crippen molar-refractivity contribution in [1.29, 1.82) is 0 Å². The SMILES string of the molecule is CCOCCCNC(=O)c1cccc(NC(=O)c2ccc(SCc3cn4ccccc4n3)cc2)c1. The summed E-state index contributed by atoms with van der Waals surface area (Å²) in [6, 6.07) is 20.3. The highest BCUT2D eigenvalue weighted by Crippen LogP contribution is 2.23. The van der Waals surface area contributed by atoms with Gasteiger partial charge in [-0.15, -0.1) is 11.8 Å². The van der Waals surface area contributed by atoms with Crippen LogP contribution in [0, 0.1) is 0 Å². The van der Waals surface area contributed by atoms with E-state index in [1.165, 1.54) is 0 Å². The Morgan fingerprint density at radius 3 is 2.66 bits per heavy atom. The molecule has 0 bridgehead atoms. The van der Waals surface area contributed by atoms with Gasteiger partial charge in [-0.3, -0.25) is 9.59 Å². The lowest BCUT2D eigenvalue weighted by molar-refractivity contribution is 0.0943. The third-order valence-electron chi connectivity index (χ3n) is 5.25. The van der Waals surface area contributed by atoms with Crippen molar-refractivity contribution in [1.82, 2.24) is 14.7 Å². The first-order chi connectivity index (χ1) is 17.1. The summed E-state index contributed by atoms with van der Waals surface area (Å²) in [4.78, 5) is 30.7. The Kier molecular flexibility index (Phi) is 8.53. The average Bonchev–Trinajstić information content (AvgIpc) is 3.31. The number of amides is 2. The molecule has 180 valence electrons. The molecular formula is C27H28N4O3S. The second kappa shape index (κ2) is 12.2. The van der Waals surface area contributed by atoms with E-state index in [4.69, 9.17) is 4.74 Å². The molecule has 0 saturated carbocycles. The number of benzene rings is 2. The molecule has 0 aliphatic rings. The number of carbonyl (C=O) groups excluding carboxylic acids is 2. The van der Waals surface area contributed by atoms with E-state index in [0.29, 0.717) is 36.6 Å². The van der Waals surface area contributed by atoms with E-state index in [2.05, 4.69) is 15.6 Å². The Morgan fingerprint density at radius 2 is 1.86 bits per heavy atom. The molecule has 0 spiro atoms. The number of thioether (sulfide) groups is 1. The van der Waals surface area contributed by atoms with Crippen molar-refractivity contribution in [3.8, 4) is 0 Å². The minimum absolute atomic E-state index is 0.176. The second-order valence-corrected chi connectivity index (χ2v) is 8.90. The van der Waals surface area contributed by atoms with Crippen LogP contribution in [0.1, 0.15) is 39.8 Å². The fraction of sp³-hybridized carbons (Fsp3) is 0.222. The number of nitrogens with zero attached hydrogens (tertiary/aromatic N) is 2. The monoisotopic (exact) mass is 488 g/mol. The van der Waals surface area contributed by atoms with Gasteiger partial charge in [0.1, 0.15) is 5.65 Å². The predicted octanol–water partition coefficient (Wildman–Crippen LogP) is 5.04. The highest BCUT2D eigenvalue weighted by Gasteiger charge is 2.10. The molecule has 0 atom stereocenters. The highest BCUT2D eigenvalue weighted by molar-refractivity contribution is 7.98. The number of ether oxygens (including phenoxy) is 1. The van der Waals surface area contributed by atoms with Crippen LogP contribution in [0.4, 0.5) is 5.69 Å². The smallest absolute Gasteiger partial charge is 0.255 e. The molecule has 2 heterocycles. The van der Waals surface area contributed by atoms with E-state index >= 15 is 0 Å². The third kappa shape index (κ3) is 6.94. The average molecular weight is 489 g/mol. The van der Waals surface area contributed by atoms with E-state index in [1.54, 1.807) is 48.2 Å². The van der Waals surface area contributed by atoms with Crippen LogP contribution in [0.3, 0.4) is 0 Å². The van der Waals surface area contributed by atoms with E-state index in [1.807, 2.05) is 54.0 Å². The van der Waals surface area contributed by atoms with Crippen molar-refractivity contribution >= 4 is 34.9 Å². The van der Waals surface area contributed by atoms with E-state index in [9.17, 15) is 9.59 Å². The zero-order valence-electron chi connectivity index (χ0n) is 19.6. The molecule has 0 aliphatic carbocycles. The number of carbonyl (C=O) groups is 2. The number of aromatic nitrogens is 2. The zero-order valence-corrected chi connectivity index (χ0v) is 20.4. The Labute approximate surface area is 208 Å². The molecule has 2 amide bonds. The number of anilines is 1. The van der Waals surface area contributed by atoms with Gasteiger partial charge >= 0.3 is 0 Å². The summed E-state index contributed by atoms with van der Waals surface area (Å²) in [7, 11) is 0. The lowest BCUT2D eigenvalue weighted by Crippen LogP contribution is -2.25. The van der Waals surface area contributed by atoms with Crippen LogP contribution in [0.15, 0.2) is 84.0 Å². The first-order valence-electron chi connectivity index (χ1n) is 11.5. The maximum atomic E-state index is 12.7. The fourth-order valence-corrected chi connectivity index (χ4v) is 4.26. The topological polar surface area (TPSA) is 84.7 Å². The molecule has 8 heteroatoms. The molecule has 0 fully saturated rings. The Hall–Kier alpha value is -3.62. The summed E-state index contributed by atoms with van der Waals surface area (Å²) in [6.45, 7) is 3.76. The highest BCUT2D eigenvalue weighted by atomic mass is 32.2. The predicted molar refractivity (Wildman–Crippen MR) is 139 cm³/mol. The molecule has 2 N–H and O–H groups in total. The van der Waals surface area contributed by atoms with Gasteiger partial charge in [0.05, 0.1) is 5.69 Å². The van der Waals surface area contributed by atoms with Crippen LogP contribution < -0.4 is 10.6 Å². The Morgan fingerprint density at radius 1 is 1.00 bits per heavy atom. The quantitative estimate of drug-likeness (QED) is 0.228. The first kappa shape index (κ1) is 24.5. The van der Waals surface area contributed by atoms with Crippen LogP contribution in [-0.4, -0.2) is 41.0 Å². The molecular weight excluding hydrogens is 460 g/mol. The van der Waals surface area contributed by atoms with Crippen LogP contribution >= 0.6 is 11.8 Å². The van der Waals surface area contributed by atoms with Crippen molar-refractivity contribution in [2.45, 2.75) is 24.0 Å². The lowest BCUT2D eigenvalue weighted by atomic mass is 10.1. The van der Waals surface area contributed by atoms with E-state index in [-0.39, 0.29) is 11.8 Å². The number of imidazole rings is 1. The minimum atomic E-state index is -0.226. The first-order valence-corrected chi connectivity index (χ1v) is 12.5. The number of rotatable bonds is 11. The van der Waals surface area contributed by atoms with Gasteiger partial charge in [-0.05, 0) is 67.9 Å². The van der Waals surface area contributed by atoms with Gasteiger partial charge in [-0.2, -0.15) is 0 Å². The summed E-state index contributed by atoms with van der Waals surface area (Å²) in [6.07, 6.45) is 4.76. The molecule has 2 aromatic carbocycles. The Bertz CT molecular complexity index is 1250. The molecule has 4 rings (SSSR count). The maximum Gasteiger partial charge on any atom is 0.255 e.